The van der Waals surface area contributed by atoms with Crippen LogP contribution in [0.4, 0.5) is 0 Å². The first-order valence-electron chi connectivity index (χ1n) is 7.28. The zero-order chi connectivity index (χ0) is 13.2. The highest BCUT2D eigenvalue weighted by Crippen LogP contribution is 2.31. The van der Waals surface area contributed by atoms with Crippen molar-refractivity contribution in [1.29, 1.82) is 0 Å². The van der Waals surface area contributed by atoms with Crippen molar-refractivity contribution >= 4 is 33.2 Å². The third kappa shape index (κ3) is 2.75. The lowest BCUT2D eigenvalue weighted by molar-refractivity contribution is 0.0755. The molecule has 4 heteroatoms. The second-order valence-corrected chi connectivity index (χ2v) is 7.35. The van der Waals surface area contributed by atoms with Crippen LogP contribution in [0, 0.1) is 0 Å². The Hall–Kier alpha value is -0.350. The summed E-state index contributed by atoms with van der Waals surface area (Å²) in [4.78, 5) is 17.1. The van der Waals surface area contributed by atoms with E-state index in [0.29, 0.717) is 6.04 Å². The molecule has 0 aromatic carbocycles. The normalized spacial score (nSPS) is 23.2. The van der Waals surface area contributed by atoms with E-state index in [1.165, 1.54) is 42.5 Å². The minimum absolute atomic E-state index is 0.264. The molecule has 19 heavy (non-hydrogen) atoms. The van der Waals surface area contributed by atoms with Gasteiger partial charge in [0.05, 0.1) is 4.88 Å². The van der Waals surface area contributed by atoms with Gasteiger partial charge in [0.1, 0.15) is 0 Å². The van der Waals surface area contributed by atoms with Gasteiger partial charge in [-0.1, -0.05) is 22.4 Å². The molecule has 2 nitrogen and oxygen atoms in total. The quantitative estimate of drug-likeness (QED) is 0.587. The first-order valence-corrected chi connectivity index (χ1v) is 9.22. The van der Waals surface area contributed by atoms with Crippen molar-refractivity contribution in [2.45, 2.75) is 51.0 Å². The molecule has 1 aliphatic heterocycles. The molecule has 0 spiro atoms. The van der Waals surface area contributed by atoms with E-state index < -0.39 is 0 Å². The molecule has 0 saturated carbocycles. The van der Waals surface area contributed by atoms with Crippen molar-refractivity contribution < 1.29 is 4.79 Å². The van der Waals surface area contributed by atoms with Gasteiger partial charge in [-0.05, 0) is 50.2 Å². The van der Waals surface area contributed by atoms with Crippen LogP contribution in [-0.2, 0) is 12.8 Å². The predicted molar refractivity (Wildman–Crippen MR) is 83.4 cm³/mol. The summed E-state index contributed by atoms with van der Waals surface area (Å²) in [7, 11) is 0. The van der Waals surface area contributed by atoms with Gasteiger partial charge in [-0.25, -0.2) is 0 Å². The van der Waals surface area contributed by atoms with E-state index in [2.05, 4.69) is 26.9 Å². The minimum atomic E-state index is 0.264. The van der Waals surface area contributed by atoms with Crippen LogP contribution >= 0.6 is 27.3 Å². The van der Waals surface area contributed by atoms with Crippen molar-refractivity contribution in [3.8, 4) is 0 Å². The maximum Gasteiger partial charge on any atom is 0.264 e. The van der Waals surface area contributed by atoms with E-state index in [9.17, 15) is 4.79 Å². The smallest absolute Gasteiger partial charge is 0.264 e. The van der Waals surface area contributed by atoms with Gasteiger partial charge in [0.25, 0.3) is 5.91 Å². The fraction of sp³-hybridized carbons (Fsp3) is 0.667. The predicted octanol–water partition coefficient (Wildman–Crippen LogP) is 4.02. The second kappa shape index (κ2) is 5.96. The Kier molecular flexibility index (Phi) is 4.27. The maximum absolute atomic E-state index is 12.6. The highest BCUT2D eigenvalue weighted by atomic mass is 79.9. The Morgan fingerprint density at radius 3 is 3.00 bits per heavy atom. The lowest BCUT2D eigenvalue weighted by Gasteiger charge is -2.22. The fourth-order valence-corrected chi connectivity index (χ4v) is 5.06. The van der Waals surface area contributed by atoms with Crippen LogP contribution in [0.15, 0.2) is 6.07 Å². The maximum atomic E-state index is 12.6. The Morgan fingerprint density at radius 2 is 2.16 bits per heavy atom. The SMILES string of the molecule is O=C(c1cc2c(s1)CCCCC2)N1CCCC1CBr. The van der Waals surface area contributed by atoms with Crippen LogP contribution in [0.2, 0.25) is 0 Å². The van der Waals surface area contributed by atoms with Crippen molar-refractivity contribution in [3.05, 3.63) is 21.4 Å². The van der Waals surface area contributed by atoms with Gasteiger partial charge < -0.3 is 4.90 Å². The van der Waals surface area contributed by atoms with Gasteiger partial charge in [-0.2, -0.15) is 0 Å². The Morgan fingerprint density at radius 1 is 1.32 bits per heavy atom. The number of aryl methyl sites for hydroxylation is 2. The molecule has 1 amide bonds. The molecule has 1 aromatic heterocycles. The first kappa shape index (κ1) is 13.6. The number of hydrogen-bond donors (Lipinski definition) is 0. The van der Waals surface area contributed by atoms with Crippen LogP contribution in [-0.4, -0.2) is 28.7 Å². The average Bonchev–Trinajstić information content (AvgIpc) is 3.00. The molecule has 3 rings (SSSR count). The van der Waals surface area contributed by atoms with Gasteiger partial charge in [0, 0.05) is 22.8 Å². The number of carbonyl (C=O) groups is 1. The summed E-state index contributed by atoms with van der Waals surface area (Å²) in [5.74, 6) is 0.264. The van der Waals surface area contributed by atoms with Crippen LogP contribution in [0.1, 0.15) is 52.2 Å². The molecule has 1 saturated heterocycles. The van der Waals surface area contributed by atoms with Gasteiger partial charge in [-0.15, -0.1) is 11.3 Å². The number of thiophene rings is 1. The molecule has 0 radical (unpaired) electrons. The van der Waals surface area contributed by atoms with Crippen LogP contribution in [0.25, 0.3) is 0 Å². The minimum Gasteiger partial charge on any atom is -0.334 e. The summed E-state index contributed by atoms with van der Waals surface area (Å²) in [5, 5.41) is 0.907. The highest BCUT2D eigenvalue weighted by Gasteiger charge is 2.30. The Balaban J connectivity index is 1.80. The van der Waals surface area contributed by atoms with Crippen LogP contribution in [0.5, 0.6) is 0 Å². The number of amides is 1. The van der Waals surface area contributed by atoms with Crippen molar-refractivity contribution in [2.24, 2.45) is 0 Å². The number of nitrogens with zero attached hydrogens (tertiary/aromatic N) is 1. The van der Waals surface area contributed by atoms with Crippen LogP contribution in [0.3, 0.4) is 0 Å². The first-order chi connectivity index (χ1) is 9.29. The molecule has 1 aliphatic carbocycles. The molecule has 1 unspecified atom stereocenters. The third-order valence-electron chi connectivity index (χ3n) is 4.27. The molecular formula is C15H20BrNOS. The van der Waals surface area contributed by atoms with Gasteiger partial charge in [0.2, 0.25) is 0 Å². The van der Waals surface area contributed by atoms with E-state index in [1.807, 2.05) is 0 Å². The fourth-order valence-electron chi connectivity index (χ4n) is 3.18. The number of alkyl halides is 1. The summed E-state index contributed by atoms with van der Waals surface area (Å²) in [6.45, 7) is 0.928. The second-order valence-electron chi connectivity index (χ2n) is 5.57. The number of hydrogen-bond acceptors (Lipinski definition) is 2. The molecule has 1 aromatic rings. The number of likely N-dealkylation sites (tertiary alicyclic amines) is 1. The zero-order valence-electron chi connectivity index (χ0n) is 11.2. The molecule has 2 aliphatic rings. The van der Waals surface area contributed by atoms with Crippen molar-refractivity contribution in [2.75, 3.05) is 11.9 Å². The Labute approximate surface area is 127 Å². The molecule has 1 fully saturated rings. The molecule has 0 N–H and O–H groups in total. The van der Waals surface area contributed by atoms with E-state index in [0.717, 1.165) is 29.6 Å². The molecule has 2 heterocycles. The van der Waals surface area contributed by atoms with E-state index in [4.69, 9.17) is 0 Å². The standard InChI is InChI=1S/C15H20BrNOS/c16-10-12-6-4-8-17(12)15(18)14-9-11-5-2-1-3-7-13(11)19-14/h9,12H,1-8,10H2. The Bertz CT molecular complexity index is 447. The van der Waals surface area contributed by atoms with E-state index >= 15 is 0 Å². The molecule has 104 valence electrons. The topological polar surface area (TPSA) is 20.3 Å². The average molecular weight is 342 g/mol. The summed E-state index contributed by atoms with van der Waals surface area (Å²) in [5.41, 5.74) is 1.44. The summed E-state index contributed by atoms with van der Waals surface area (Å²) >= 11 is 5.28. The van der Waals surface area contributed by atoms with Gasteiger partial charge in [0.15, 0.2) is 0 Å². The zero-order valence-corrected chi connectivity index (χ0v) is 13.6. The highest BCUT2D eigenvalue weighted by molar-refractivity contribution is 9.09. The van der Waals surface area contributed by atoms with Gasteiger partial charge in [-0.3, -0.25) is 4.79 Å². The lowest BCUT2D eigenvalue weighted by Crippen LogP contribution is -2.36. The third-order valence-corrected chi connectivity index (χ3v) is 6.25. The van der Waals surface area contributed by atoms with E-state index in [1.54, 1.807) is 11.3 Å². The summed E-state index contributed by atoms with van der Waals surface area (Å²) in [6.07, 6.45) is 8.54. The lowest BCUT2D eigenvalue weighted by atomic mass is 10.1. The molecule has 1 atom stereocenters. The summed E-state index contributed by atoms with van der Waals surface area (Å²) < 4.78 is 0. The number of rotatable bonds is 2. The number of fused-ring (bicyclic) bond motifs is 1. The van der Waals surface area contributed by atoms with Crippen LogP contribution < -0.4 is 0 Å². The number of carbonyl (C=O) groups excluding carboxylic acids is 1. The van der Waals surface area contributed by atoms with Crippen molar-refractivity contribution in [3.63, 3.8) is 0 Å². The van der Waals surface area contributed by atoms with Crippen molar-refractivity contribution in [1.82, 2.24) is 4.90 Å². The van der Waals surface area contributed by atoms with Gasteiger partial charge >= 0.3 is 0 Å². The molecular weight excluding hydrogens is 322 g/mol. The monoisotopic (exact) mass is 341 g/mol. The summed E-state index contributed by atoms with van der Waals surface area (Å²) in [6, 6.07) is 2.58. The number of halogens is 1. The largest absolute Gasteiger partial charge is 0.334 e. The molecule has 0 bridgehead atoms. The van der Waals surface area contributed by atoms with E-state index in [-0.39, 0.29) is 5.91 Å².